The van der Waals surface area contributed by atoms with E-state index in [1.54, 1.807) is 17.3 Å². The molecule has 0 saturated heterocycles. The minimum atomic E-state index is 1.09. The molecule has 0 spiro atoms. The summed E-state index contributed by atoms with van der Waals surface area (Å²) in [5.41, 5.74) is 1.56. The second-order valence-electron chi connectivity index (χ2n) is 3.45. The Labute approximate surface area is 93.9 Å². The van der Waals surface area contributed by atoms with Crippen molar-refractivity contribution in [2.75, 3.05) is 25.4 Å². The molecule has 0 aliphatic carbocycles. The van der Waals surface area contributed by atoms with E-state index in [4.69, 9.17) is 0 Å². The molecule has 0 aromatic rings. The Hall–Kier alpha value is 0.0500. The molecule has 0 aliphatic heterocycles. The van der Waals surface area contributed by atoms with Crippen LogP contribution < -0.4 is 0 Å². The fraction of sp³-hybridized carbons (Fsp3) is 0.750. The van der Waals surface area contributed by atoms with Crippen molar-refractivity contribution < 1.29 is 0 Å². The molecular weight excluding hydrogens is 190 g/mol. The largest absolute Gasteiger partial charge is 0.300 e. The third kappa shape index (κ3) is 6.50. The molecule has 0 unspecified atom stereocenters. The van der Waals surface area contributed by atoms with Gasteiger partial charge in [0.05, 0.1) is 0 Å². The Kier molecular flexibility index (Phi) is 9.63. The molecule has 0 rings (SSSR count). The maximum absolute atomic E-state index is 3.84. The van der Waals surface area contributed by atoms with Crippen LogP contribution in [-0.2, 0) is 0 Å². The summed E-state index contributed by atoms with van der Waals surface area (Å²) in [6, 6.07) is 0. The van der Waals surface area contributed by atoms with Crippen LogP contribution in [0.1, 0.15) is 33.6 Å². The highest BCUT2D eigenvalue weighted by atomic mass is 32.2. The minimum Gasteiger partial charge on any atom is -0.300 e. The van der Waals surface area contributed by atoms with Gasteiger partial charge in [-0.05, 0) is 19.5 Å². The topological polar surface area (TPSA) is 3.24 Å². The zero-order valence-electron chi connectivity index (χ0n) is 9.88. The zero-order valence-corrected chi connectivity index (χ0v) is 10.7. The molecule has 0 bridgehead atoms. The van der Waals surface area contributed by atoms with Gasteiger partial charge in [0.1, 0.15) is 0 Å². The molecule has 0 amide bonds. The SMILES string of the molecule is [CH2]SC/C(=C\CN(CC)CC)CCC. The van der Waals surface area contributed by atoms with E-state index < -0.39 is 0 Å². The molecule has 83 valence electrons. The van der Waals surface area contributed by atoms with Gasteiger partial charge in [0.25, 0.3) is 0 Å². The third-order valence-corrected chi connectivity index (χ3v) is 2.97. The molecule has 0 heterocycles. The highest BCUT2D eigenvalue weighted by Crippen LogP contribution is 2.11. The lowest BCUT2D eigenvalue weighted by Crippen LogP contribution is -2.23. The summed E-state index contributed by atoms with van der Waals surface area (Å²) in [6.07, 6.45) is 8.69. The Morgan fingerprint density at radius 1 is 1.29 bits per heavy atom. The monoisotopic (exact) mass is 214 g/mol. The van der Waals surface area contributed by atoms with Crippen LogP contribution >= 0.6 is 11.8 Å². The average molecular weight is 214 g/mol. The van der Waals surface area contributed by atoms with Crippen LogP contribution in [0.15, 0.2) is 11.6 Å². The Morgan fingerprint density at radius 2 is 1.93 bits per heavy atom. The van der Waals surface area contributed by atoms with Crippen LogP contribution in [0.25, 0.3) is 0 Å². The number of likely N-dealkylation sites (N-methyl/N-ethyl adjacent to an activating group) is 1. The zero-order chi connectivity index (χ0) is 10.8. The van der Waals surface area contributed by atoms with Gasteiger partial charge in [-0.15, -0.1) is 0 Å². The van der Waals surface area contributed by atoms with Crippen LogP contribution in [0.4, 0.5) is 0 Å². The number of rotatable bonds is 8. The maximum atomic E-state index is 3.84. The minimum absolute atomic E-state index is 1.09. The smallest absolute Gasteiger partial charge is 0.0165 e. The fourth-order valence-electron chi connectivity index (χ4n) is 1.43. The summed E-state index contributed by atoms with van der Waals surface area (Å²) in [7, 11) is 0. The van der Waals surface area contributed by atoms with E-state index in [1.807, 2.05) is 0 Å². The molecule has 2 heteroatoms. The van der Waals surface area contributed by atoms with Crippen LogP contribution in [0.2, 0.25) is 0 Å². The van der Waals surface area contributed by atoms with Gasteiger partial charge in [-0.25, -0.2) is 0 Å². The van der Waals surface area contributed by atoms with E-state index in [-0.39, 0.29) is 0 Å². The van der Waals surface area contributed by atoms with Gasteiger partial charge in [-0.1, -0.05) is 38.8 Å². The normalized spacial score (nSPS) is 12.5. The van der Waals surface area contributed by atoms with E-state index in [1.165, 1.54) is 12.8 Å². The second-order valence-corrected chi connectivity index (χ2v) is 4.14. The average Bonchev–Trinajstić information content (AvgIpc) is 2.20. The molecule has 0 atom stereocenters. The molecule has 1 nitrogen and oxygen atoms in total. The van der Waals surface area contributed by atoms with Crippen molar-refractivity contribution in [1.29, 1.82) is 0 Å². The fourth-order valence-corrected chi connectivity index (χ4v) is 1.95. The Bertz CT molecular complexity index is 142. The van der Waals surface area contributed by atoms with Crippen LogP contribution in [0.3, 0.4) is 0 Å². The summed E-state index contributed by atoms with van der Waals surface area (Å²) in [4.78, 5) is 2.43. The van der Waals surface area contributed by atoms with Crippen molar-refractivity contribution in [3.8, 4) is 0 Å². The first-order chi connectivity index (χ1) is 6.78. The van der Waals surface area contributed by atoms with Crippen LogP contribution in [-0.4, -0.2) is 30.3 Å². The lowest BCUT2D eigenvalue weighted by atomic mass is 10.1. The lowest BCUT2D eigenvalue weighted by molar-refractivity contribution is 0.336. The predicted octanol–water partition coefficient (Wildman–Crippen LogP) is 3.58. The molecule has 0 N–H and O–H groups in total. The van der Waals surface area contributed by atoms with E-state index >= 15 is 0 Å². The van der Waals surface area contributed by atoms with Crippen molar-refractivity contribution in [3.63, 3.8) is 0 Å². The van der Waals surface area contributed by atoms with Gasteiger partial charge in [0, 0.05) is 18.6 Å². The van der Waals surface area contributed by atoms with E-state index in [0.717, 1.165) is 25.4 Å². The highest BCUT2D eigenvalue weighted by Gasteiger charge is 1.98. The summed E-state index contributed by atoms with van der Waals surface area (Å²) in [5.74, 6) is 1.09. The third-order valence-electron chi connectivity index (χ3n) is 2.39. The standard InChI is InChI=1S/C12H24NS/c1-5-8-12(11-14-4)9-10-13(6-2)7-3/h9H,4-8,10-11H2,1-3H3/b12-9-. The first kappa shape index (κ1) is 14.1. The highest BCUT2D eigenvalue weighted by molar-refractivity contribution is 8.00. The van der Waals surface area contributed by atoms with Crippen molar-refractivity contribution >= 4 is 11.8 Å². The molecule has 0 fully saturated rings. The Balaban J connectivity index is 3.98. The first-order valence-electron chi connectivity index (χ1n) is 5.55. The molecular formula is C12H24NS. The molecule has 0 saturated carbocycles. The summed E-state index contributed by atoms with van der Waals surface area (Å²) >= 11 is 1.68. The Morgan fingerprint density at radius 3 is 2.36 bits per heavy atom. The number of thioether (sulfide) groups is 1. The van der Waals surface area contributed by atoms with Gasteiger partial charge >= 0.3 is 0 Å². The first-order valence-corrected chi connectivity index (χ1v) is 6.71. The summed E-state index contributed by atoms with van der Waals surface area (Å²) in [6.45, 7) is 10.1. The van der Waals surface area contributed by atoms with Crippen LogP contribution in [0, 0.1) is 6.26 Å². The van der Waals surface area contributed by atoms with Crippen molar-refractivity contribution in [2.45, 2.75) is 33.6 Å². The molecule has 14 heavy (non-hydrogen) atoms. The maximum Gasteiger partial charge on any atom is 0.0165 e. The van der Waals surface area contributed by atoms with Crippen molar-refractivity contribution in [2.24, 2.45) is 0 Å². The molecule has 0 aromatic heterocycles. The quantitative estimate of drug-likeness (QED) is 0.568. The number of hydrogen-bond acceptors (Lipinski definition) is 2. The lowest BCUT2D eigenvalue weighted by Gasteiger charge is -2.16. The molecule has 1 radical (unpaired) electrons. The molecule has 0 aromatic carbocycles. The second kappa shape index (κ2) is 9.60. The van der Waals surface area contributed by atoms with Gasteiger partial charge in [0.15, 0.2) is 0 Å². The number of nitrogens with zero attached hydrogens (tertiary/aromatic N) is 1. The van der Waals surface area contributed by atoms with Crippen LogP contribution in [0.5, 0.6) is 0 Å². The summed E-state index contributed by atoms with van der Waals surface area (Å²) < 4.78 is 0. The van der Waals surface area contributed by atoms with E-state index in [9.17, 15) is 0 Å². The van der Waals surface area contributed by atoms with Gasteiger partial charge in [-0.3, -0.25) is 0 Å². The molecule has 0 aliphatic rings. The van der Waals surface area contributed by atoms with E-state index in [0.29, 0.717) is 0 Å². The van der Waals surface area contributed by atoms with Gasteiger partial charge < -0.3 is 4.90 Å². The van der Waals surface area contributed by atoms with Crippen molar-refractivity contribution in [1.82, 2.24) is 4.90 Å². The van der Waals surface area contributed by atoms with E-state index in [2.05, 4.69) is 38.0 Å². The van der Waals surface area contributed by atoms with Gasteiger partial charge in [0.2, 0.25) is 0 Å². The number of hydrogen-bond donors (Lipinski definition) is 0. The van der Waals surface area contributed by atoms with Gasteiger partial charge in [-0.2, -0.15) is 11.8 Å². The summed E-state index contributed by atoms with van der Waals surface area (Å²) in [5, 5.41) is 0. The van der Waals surface area contributed by atoms with Crippen molar-refractivity contribution in [3.05, 3.63) is 17.9 Å². The predicted molar refractivity (Wildman–Crippen MR) is 68.6 cm³/mol.